The molecular formula is C22H24N6O. The summed E-state index contributed by atoms with van der Waals surface area (Å²) in [6.07, 6.45) is 1.50. The highest BCUT2D eigenvalue weighted by Crippen LogP contribution is 2.22. The molecule has 0 unspecified atom stereocenters. The zero-order valence-electron chi connectivity index (χ0n) is 16.4. The maximum absolute atomic E-state index is 12.9. The second-order valence-corrected chi connectivity index (χ2v) is 7.04. The minimum Gasteiger partial charge on any atom is -0.355 e. The summed E-state index contributed by atoms with van der Waals surface area (Å²) in [5.74, 6) is 1.11. The molecule has 0 spiro atoms. The molecule has 0 aliphatic carbocycles. The van der Waals surface area contributed by atoms with Crippen molar-refractivity contribution in [2.45, 2.75) is 0 Å². The van der Waals surface area contributed by atoms with Crippen LogP contribution in [0.4, 0.5) is 23.0 Å². The fourth-order valence-electron chi connectivity index (χ4n) is 3.27. The maximum atomic E-state index is 12.9. The lowest BCUT2D eigenvalue weighted by atomic mass is 10.1. The molecule has 1 saturated heterocycles. The van der Waals surface area contributed by atoms with Crippen LogP contribution < -0.4 is 15.5 Å². The summed E-state index contributed by atoms with van der Waals surface area (Å²) in [6.45, 7) is 3.80. The summed E-state index contributed by atoms with van der Waals surface area (Å²) in [6, 6.07) is 19.0. The van der Waals surface area contributed by atoms with E-state index < -0.39 is 0 Å². The van der Waals surface area contributed by atoms with Gasteiger partial charge in [0, 0.05) is 37.9 Å². The fraction of sp³-hybridized carbons (Fsp3) is 0.227. The highest BCUT2D eigenvalue weighted by molar-refractivity contribution is 6.08. The van der Waals surface area contributed by atoms with E-state index in [2.05, 4.69) is 37.4 Å². The molecule has 0 saturated carbocycles. The lowest BCUT2D eigenvalue weighted by Crippen LogP contribution is -2.44. The van der Waals surface area contributed by atoms with E-state index in [-0.39, 0.29) is 5.91 Å². The number of hydrogen-bond donors (Lipinski definition) is 2. The first-order chi connectivity index (χ1) is 14.2. The Morgan fingerprint density at radius 1 is 0.931 bits per heavy atom. The van der Waals surface area contributed by atoms with Gasteiger partial charge in [-0.25, -0.2) is 9.97 Å². The largest absolute Gasteiger partial charge is 0.355 e. The Kier molecular flexibility index (Phi) is 5.67. The summed E-state index contributed by atoms with van der Waals surface area (Å²) < 4.78 is 0. The predicted molar refractivity (Wildman–Crippen MR) is 116 cm³/mol. The molecule has 2 N–H and O–H groups in total. The van der Waals surface area contributed by atoms with Crippen LogP contribution in [0.5, 0.6) is 0 Å². The Morgan fingerprint density at radius 3 is 2.45 bits per heavy atom. The molecule has 1 amide bonds. The van der Waals surface area contributed by atoms with Crippen LogP contribution in [0.15, 0.2) is 67.0 Å². The van der Waals surface area contributed by atoms with Gasteiger partial charge in [-0.1, -0.05) is 30.3 Å². The SMILES string of the molecule is CN1CCN(c2cc(NC(=O)c3ccccc3Nc3ccccc3)ncn2)CC1. The van der Waals surface area contributed by atoms with Crippen LogP contribution >= 0.6 is 0 Å². The van der Waals surface area contributed by atoms with E-state index in [0.29, 0.717) is 11.4 Å². The van der Waals surface area contributed by atoms with Gasteiger partial charge in [0.05, 0.1) is 11.3 Å². The van der Waals surface area contributed by atoms with Crippen molar-refractivity contribution in [1.29, 1.82) is 0 Å². The van der Waals surface area contributed by atoms with Crippen molar-refractivity contribution in [3.63, 3.8) is 0 Å². The summed E-state index contributed by atoms with van der Waals surface area (Å²) in [7, 11) is 2.11. The lowest BCUT2D eigenvalue weighted by molar-refractivity contribution is 0.102. The molecule has 2 aromatic carbocycles. The molecule has 1 fully saturated rings. The van der Waals surface area contributed by atoms with Crippen LogP contribution in [-0.4, -0.2) is 54.0 Å². The number of para-hydroxylation sites is 2. The van der Waals surface area contributed by atoms with E-state index in [1.807, 2.05) is 54.6 Å². The summed E-state index contributed by atoms with van der Waals surface area (Å²) in [5, 5.41) is 6.21. The van der Waals surface area contributed by atoms with Crippen LogP contribution in [0, 0.1) is 0 Å². The molecular weight excluding hydrogens is 364 g/mol. The Bertz CT molecular complexity index is 970. The highest BCUT2D eigenvalue weighted by Gasteiger charge is 2.17. The molecule has 148 valence electrons. The van der Waals surface area contributed by atoms with Gasteiger partial charge in [0.15, 0.2) is 0 Å². The summed E-state index contributed by atoms with van der Waals surface area (Å²) in [4.78, 5) is 26.0. The smallest absolute Gasteiger partial charge is 0.258 e. The number of rotatable bonds is 5. The number of nitrogens with zero attached hydrogens (tertiary/aromatic N) is 4. The van der Waals surface area contributed by atoms with Crippen LogP contribution in [-0.2, 0) is 0 Å². The average molecular weight is 388 g/mol. The molecule has 2 heterocycles. The molecule has 0 bridgehead atoms. The number of piperazine rings is 1. The maximum Gasteiger partial charge on any atom is 0.258 e. The molecule has 0 atom stereocenters. The number of nitrogens with one attached hydrogen (secondary N) is 2. The first-order valence-electron chi connectivity index (χ1n) is 9.67. The van der Waals surface area contributed by atoms with E-state index in [1.54, 1.807) is 6.07 Å². The minimum atomic E-state index is -0.216. The Morgan fingerprint density at radius 2 is 1.66 bits per heavy atom. The van der Waals surface area contributed by atoms with Crippen molar-refractivity contribution >= 4 is 28.9 Å². The molecule has 0 radical (unpaired) electrons. The normalized spacial score (nSPS) is 14.4. The third-order valence-electron chi connectivity index (χ3n) is 4.95. The van der Waals surface area contributed by atoms with Gasteiger partial charge in [0.25, 0.3) is 5.91 Å². The number of carbonyl (C=O) groups excluding carboxylic acids is 1. The second kappa shape index (κ2) is 8.70. The van der Waals surface area contributed by atoms with Gasteiger partial charge in [-0.05, 0) is 31.3 Å². The van der Waals surface area contributed by atoms with Gasteiger partial charge in [0.1, 0.15) is 18.0 Å². The quantitative estimate of drug-likeness (QED) is 0.699. The van der Waals surface area contributed by atoms with Crippen molar-refractivity contribution < 1.29 is 4.79 Å². The Balaban J connectivity index is 1.49. The number of anilines is 4. The molecule has 3 aromatic rings. The molecule has 1 aromatic heterocycles. The average Bonchev–Trinajstić information content (AvgIpc) is 2.75. The summed E-state index contributed by atoms with van der Waals surface area (Å²) >= 11 is 0. The summed E-state index contributed by atoms with van der Waals surface area (Å²) in [5.41, 5.74) is 2.22. The van der Waals surface area contributed by atoms with E-state index in [4.69, 9.17) is 0 Å². The van der Waals surface area contributed by atoms with Crippen molar-refractivity contribution in [1.82, 2.24) is 14.9 Å². The monoisotopic (exact) mass is 388 g/mol. The number of amides is 1. The van der Waals surface area contributed by atoms with E-state index in [1.165, 1.54) is 6.33 Å². The predicted octanol–water partition coefficient (Wildman–Crippen LogP) is 3.22. The van der Waals surface area contributed by atoms with Crippen molar-refractivity contribution in [3.8, 4) is 0 Å². The van der Waals surface area contributed by atoms with Crippen LogP contribution in [0.3, 0.4) is 0 Å². The van der Waals surface area contributed by atoms with Crippen LogP contribution in [0.1, 0.15) is 10.4 Å². The molecule has 7 heteroatoms. The zero-order chi connectivity index (χ0) is 20.1. The number of aromatic nitrogens is 2. The molecule has 1 aliphatic heterocycles. The van der Waals surface area contributed by atoms with Gasteiger partial charge in [-0.2, -0.15) is 0 Å². The zero-order valence-corrected chi connectivity index (χ0v) is 16.4. The number of hydrogen-bond acceptors (Lipinski definition) is 6. The minimum absolute atomic E-state index is 0.216. The fourth-order valence-corrected chi connectivity index (χ4v) is 3.27. The van der Waals surface area contributed by atoms with E-state index in [9.17, 15) is 4.79 Å². The molecule has 4 rings (SSSR count). The highest BCUT2D eigenvalue weighted by atomic mass is 16.1. The third-order valence-corrected chi connectivity index (χ3v) is 4.95. The first-order valence-corrected chi connectivity index (χ1v) is 9.67. The van der Waals surface area contributed by atoms with Gasteiger partial charge >= 0.3 is 0 Å². The van der Waals surface area contributed by atoms with Crippen LogP contribution in [0.25, 0.3) is 0 Å². The van der Waals surface area contributed by atoms with E-state index in [0.717, 1.165) is 43.4 Å². The van der Waals surface area contributed by atoms with Crippen LogP contribution in [0.2, 0.25) is 0 Å². The molecule has 29 heavy (non-hydrogen) atoms. The second-order valence-electron chi connectivity index (χ2n) is 7.04. The molecule has 7 nitrogen and oxygen atoms in total. The number of benzene rings is 2. The third kappa shape index (κ3) is 4.70. The van der Waals surface area contributed by atoms with Gasteiger partial charge < -0.3 is 20.4 Å². The van der Waals surface area contributed by atoms with Crippen molar-refractivity contribution in [3.05, 3.63) is 72.6 Å². The van der Waals surface area contributed by atoms with Gasteiger partial charge in [0.2, 0.25) is 0 Å². The topological polar surface area (TPSA) is 73.4 Å². The first kappa shape index (κ1) is 18.9. The van der Waals surface area contributed by atoms with Crippen molar-refractivity contribution in [2.24, 2.45) is 0 Å². The van der Waals surface area contributed by atoms with Gasteiger partial charge in [-0.15, -0.1) is 0 Å². The Labute approximate surface area is 170 Å². The number of carbonyl (C=O) groups is 1. The standard InChI is InChI=1S/C22H24N6O/c1-27-11-13-28(14-12-27)21-15-20(23-16-24-21)26-22(29)18-9-5-6-10-19(18)25-17-7-3-2-4-8-17/h2-10,15-16,25H,11-14H2,1H3,(H,23,24,26,29). The Hall–Kier alpha value is -3.45. The van der Waals surface area contributed by atoms with E-state index >= 15 is 0 Å². The molecule has 1 aliphatic rings. The lowest BCUT2D eigenvalue weighted by Gasteiger charge is -2.33. The number of likely N-dealkylation sites (N-methyl/N-ethyl adjacent to an activating group) is 1. The van der Waals surface area contributed by atoms with Crippen molar-refractivity contribution in [2.75, 3.05) is 48.8 Å². The van der Waals surface area contributed by atoms with Gasteiger partial charge in [-0.3, -0.25) is 4.79 Å².